The summed E-state index contributed by atoms with van der Waals surface area (Å²) in [5.74, 6) is 1.26. The molecule has 0 aromatic heterocycles. The molecule has 23 heavy (non-hydrogen) atoms. The molecule has 0 radical (unpaired) electrons. The number of Topliss-reactive ketones (excluding diaryl/α,β-unsaturated/α-hetero) is 1. The number of amides is 1. The highest BCUT2D eigenvalue weighted by Gasteiger charge is 2.44. The van der Waals surface area contributed by atoms with E-state index in [0.29, 0.717) is 49.4 Å². The standard InChI is InChI=1S/C17H20ClNO4/c1-11(18)16(21)19-7-5-17(6-8-19)10-14(20)13-4-3-12(22-2)9-15(13)23-17/h3-4,9,11H,5-8,10H2,1-2H3. The molecule has 1 atom stereocenters. The number of nitrogens with zero attached hydrogens (tertiary/aromatic N) is 1. The summed E-state index contributed by atoms with van der Waals surface area (Å²) in [6.07, 6.45) is 1.61. The van der Waals surface area contributed by atoms with Crippen LogP contribution in [0, 0.1) is 0 Å². The van der Waals surface area contributed by atoms with Gasteiger partial charge in [0.05, 0.1) is 19.1 Å². The third-order valence-electron chi connectivity index (χ3n) is 4.63. The number of carbonyl (C=O) groups is 2. The van der Waals surface area contributed by atoms with Gasteiger partial charge in [-0.25, -0.2) is 0 Å². The smallest absolute Gasteiger partial charge is 0.240 e. The number of halogens is 1. The molecule has 1 aromatic carbocycles. The van der Waals surface area contributed by atoms with Crippen LogP contribution in [0.25, 0.3) is 0 Å². The Kier molecular flexibility index (Phi) is 4.23. The van der Waals surface area contributed by atoms with Crippen LogP contribution < -0.4 is 9.47 Å². The minimum atomic E-state index is -0.525. The molecule has 0 aliphatic carbocycles. The predicted molar refractivity (Wildman–Crippen MR) is 86.4 cm³/mol. The van der Waals surface area contributed by atoms with E-state index in [1.54, 1.807) is 37.1 Å². The summed E-state index contributed by atoms with van der Waals surface area (Å²) in [5, 5.41) is -0.525. The molecule has 1 spiro atoms. The second-order valence-corrected chi connectivity index (χ2v) is 6.84. The Morgan fingerprint density at radius 2 is 2.09 bits per heavy atom. The third-order valence-corrected chi connectivity index (χ3v) is 4.81. The molecular weight excluding hydrogens is 318 g/mol. The summed E-state index contributed by atoms with van der Waals surface area (Å²) < 4.78 is 11.4. The Balaban J connectivity index is 1.78. The van der Waals surface area contributed by atoms with E-state index in [2.05, 4.69) is 0 Å². The lowest BCUT2D eigenvalue weighted by atomic mass is 9.82. The number of fused-ring (bicyclic) bond motifs is 1. The van der Waals surface area contributed by atoms with Crippen molar-refractivity contribution in [3.8, 4) is 11.5 Å². The van der Waals surface area contributed by atoms with Crippen LogP contribution in [-0.2, 0) is 4.79 Å². The fourth-order valence-corrected chi connectivity index (χ4v) is 3.40. The summed E-state index contributed by atoms with van der Waals surface area (Å²) >= 11 is 5.87. The molecule has 0 bridgehead atoms. The first-order chi connectivity index (χ1) is 10.9. The molecule has 1 unspecified atom stereocenters. The van der Waals surface area contributed by atoms with Gasteiger partial charge in [0, 0.05) is 32.0 Å². The number of methoxy groups -OCH3 is 1. The Hall–Kier alpha value is -1.75. The minimum Gasteiger partial charge on any atom is -0.497 e. The van der Waals surface area contributed by atoms with Crippen molar-refractivity contribution in [1.82, 2.24) is 4.90 Å². The number of carbonyl (C=O) groups excluding carboxylic acids is 2. The van der Waals surface area contributed by atoms with Crippen LogP contribution in [0.5, 0.6) is 11.5 Å². The first-order valence-corrected chi connectivity index (χ1v) is 8.21. The number of piperidine rings is 1. The van der Waals surface area contributed by atoms with Crippen molar-refractivity contribution in [1.29, 1.82) is 0 Å². The van der Waals surface area contributed by atoms with E-state index in [-0.39, 0.29) is 11.7 Å². The van der Waals surface area contributed by atoms with E-state index in [4.69, 9.17) is 21.1 Å². The van der Waals surface area contributed by atoms with Gasteiger partial charge in [-0.3, -0.25) is 9.59 Å². The summed E-state index contributed by atoms with van der Waals surface area (Å²) in [6.45, 7) is 2.79. The topological polar surface area (TPSA) is 55.8 Å². The first-order valence-electron chi connectivity index (χ1n) is 7.77. The molecule has 1 fully saturated rings. The van der Waals surface area contributed by atoms with Gasteiger partial charge in [-0.15, -0.1) is 11.6 Å². The molecule has 0 N–H and O–H groups in total. The summed E-state index contributed by atoms with van der Waals surface area (Å²) in [5.41, 5.74) is 0.0762. The van der Waals surface area contributed by atoms with Crippen molar-refractivity contribution < 1.29 is 19.1 Å². The molecule has 5 nitrogen and oxygen atoms in total. The largest absolute Gasteiger partial charge is 0.497 e. The quantitative estimate of drug-likeness (QED) is 0.778. The number of hydrogen-bond acceptors (Lipinski definition) is 4. The zero-order valence-corrected chi connectivity index (χ0v) is 14.1. The van der Waals surface area contributed by atoms with Crippen LogP contribution in [0.2, 0.25) is 0 Å². The predicted octanol–water partition coefficient (Wildman–Crippen LogP) is 2.65. The van der Waals surface area contributed by atoms with Gasteiger partial charge in [-0.1, -0.05) is 0 Å². The van der Waals surface area contributed by atoms with Gasteiger partial charge < -0.3 is 14.4 Å². The van der Waals surface area contributed by atoms with Crippen LogP contribution in [0.1, 0.15) is 36.5 Å². The number of benzene rings is 1. The van der Waals surface area contributed by atoms with Gasteiger partial charge in [0.1, 0.15) is 22.5 Å². The lowest BCUT2D eigenvalue weighted by Crippen LogP contribution is -2.53. The summed E-state index contributed by atoms with van der Waals surface area (Å²) in [6, 6.07) is 5.27. The normalized spacial score (nSPS) is 20.7. The summed E-state index contributed by atoms with van der Waals surface area (Å²) in [4.78, 5) is 26.2. The number of alkyl halides is 1. The second kappa shape index (κ2) is 6.04. The molecule has 2 aliphatic heterocycles. The highest BCUT2D eigenvalue weighted by atomic mass is 35.5. The Morgan fingerprint density at radius 1 is 1.39 bits per heavy atom. The maximum atomic E-state index is 12.5. The van der Waals surface area contributed by atoms with Crippen LogP contribution in [-0.4, -0.2) is 47.8 Å². The van der Waals surface area contributed by atoms with Crippen molar-refractivity contribution in [3.05, 3.63) is 23.8 Å². The maximum Gasteiger partial charge on any atom is 0.240 e. The molecule has 6 heteroatoms. The van der Waals surface area contributed by atoms with Gasteiger partial charge in [0.2, 0.25) is 5.91 Å². The van der Waals surface area contributed by atoms with Crippen molar-refractivity contribution in [2.75, 3.05) is 20.2 Å². The number of hydrogen-bond donors (Lipinski definition) is 0. The van der Waals surface area contributed by atoms with Crippen molar-refractivity contribution in [2.45, 2.75) is 37.2 Å². The van der Waals surface area contributed by atoms with Gasteiger partial charge in [0.15, 0.2) is 5.78 Å². The number of rotatable bonds is 2. The van der Waals surface area contributed by atoms with Crippen LogP contribution in [0.15, 0.2) is 18.2 Å². The van der Waals surface area contributed by atoms with Gasteiger partial charge in [0.25, 0.3) is 0 Å². The van der Waals surface area contributed by atoms with Crippen molar-refractivity contribution in [2.24, 2.45) is 0 Å². The molecule has 1 saturated heterocycles. The number of ketones is 1. The maximum absolute atomic E-state index is 12.5. The average molecular weight is 338 g/mol. The van der Waals surface area contributed by atoms with Gasteiger partial charge in [-0.2, -0.15) is 0 Å². The SMILES string of the molecule is COc1ccc2c(c1)OC1(CCN(C(=O)C(C)Cl)CC1)CC2=O. The summed E-state index contributed by atoms with van der Waals surface area (Å²) in [7, 11) is 1.58. The van der Waals surface area contributed by atoms with E-state index in [0.717, 1.165) is 0 Å². The van der Waals surface area contributed by atoms with E-state index < -0.39 is 11.0 Å². The fraction of sp³-hybridized carbons (Fsp3) is 0.529. The number of likely N-dealkylation sites (tertiary alicyclic amines) is 1. The average Bonchev–Trinajstić information content (AvgIpc) is 2.54. The van der Waals surface area contributed by atoms with Gasteiger partial charge >= 0.3 is 0 Å². The number of ether oxygens (including phenoxy) is 2. The Morgan fingerprint density at radius 3 is 2.70 bits per heavy atom. The third kappa shape index (κ3) is 3.02. The molecular formula is C17H20ClNO4. The molecule has 1 amide bonds. The lowest BCUT2D eigenvalue weighted by molar-refractivity contribution is -0.134. The molecule has 0 saturated carbocycles. The van der Waals surface area contributed by atoms with Crippen LogP contribution in [0.4, 0.5) is 0 Å². The molecule has 1 aromatic rings. The van der Waals surface area contributed by atoms with Crippen molar-refractivity contribution >= 4 is 23.3 Å². The van der Waals surface area contributed by atoms with E-state index in [1.807, 2.05) is 0 Å². The lowest BCUT2D eigenvalue weighted by Gasteiger charge is -2.44. The van der Waals surface area contributed by atoms with Crippen molar-refractivity contribution in [3.63, 3.8) is 0 Å². The highest BCUT2D eigenvalue weighted by Crippen LogP contribution is 2.40. The van der Waals surface area contributed by atoms with E-state index in [1.165, 1.54) is 0 Å². The molecule has 2 aliphatic rings. The monoisotopic (exact) mass is 337 g/mol. The Bertz CT molecular complexity index is 635. The Labute approximate surface area is 140 Å². The second-order valence-electron chi connectivity index (χ2n) is 6.19. The zero-order valence-electron chi connectivity index (χ0n) is 13.3. The molecule has 3 rings (SSSR count). The highest BCUT2D eigenvalue weighted by molar-refractivity contribution is 6.30. The van der Waals surface area contributed by atoms with Crippen LogP contribution in [0.3, 0.4) is 0 Å². The molecule has 2 heterocycles. The first kappa shape index (κ1) is 16.1. The van der Waals surface area contributed by atoms with E-state index in [9.17, 15) is 9.59 Å². The van der Waals surface area contributed by atoms with E-state index >= 15 is 0 Å². The van der Waals surface area contributed by atoms with Gasteiger partial charge in [-0.05, 0) is 19.1 Å². The zero-order chi connectivity index (χ0) is 16.6. The molecule has 124 valence electrons. The van der Waals surface area contributed by atoms with Crippen LogP contribution >= 0.6 is 11.6 Å². The fourth-order valence-electron chi connectivity index (χ4n) is 3.27. The minimum absolute atomic E-state index is 0.0641.